The Kier molecular flexibility index (Phi) is 3.34. The summed E-state index contributed by atoms with van der Waals surface area (Å²) < 4.78 is 0.743. The number of hydrogen-bond donors (Lipinski definition) is 2. The molecule has 1 aromatic rings. The molecule has 3 N–H and O–H groups in total. The number of nitrogens with zero attached hydrogens (tertiary/aromatic N) is 1. The molecule has 1 fully saturated rings. The average molecular weight is 332 g/mol. The quantitative estimate of drug-likeness (QED) is 0.759. The Morgan fingerprint density at radius 1 is 1.56 bits per heavy atom. The summed E-state index contributed by atoms with van der Waals surface area (Å²) in [6.45, 7) is 1.30. The zero-order valence-electron chi connectivity index (χ0n) is 8.69. The summed E-state index contributed by atoms with van der Waals surface area (Å²) in [6, 6.07) is 5.06. The molecule has 1 aromatic carbocycles. The SMILES string of the molecule is N[C@H]1CCN(C(=O)c2ccc(I)c(O)c2)C1. The fourth-order valence-corrected chi connectivity index (χ4v) is 2.14. The molecule has 0 spiro atoms. The Morgan fingerprint density at radius 3 is 2.88 bits per heavy atom. The van der Waals surface area contributed by atoms with Crippen LogP contribution in [0.3, 0.4) is 0 Å². The van der Waals surface area contributed by atoms with E-state index in [1.54, 1.807) is 17.0 Å². The van der Waals surface area contributed by atoms with Gasteiger partial charge in [-0.1, -0.05) is 0 Å². The lowest BCUT2D eigenvalue weighted by molar-refractivity contribution is 0.0790. The van der Waals surface area contributed by atoms with Crippen molar-refractivity contribution in [3.63, 3.8) is 0 Å². The molecular weight excluding hydrogens is 319 g/mol. The maximum absolute atomic E-state index is 12.0. The van der Waals surface area contributed by atoms with Gasteiger partial charge in [-0.25, -0.2) is 0 Å². The van der Waals surface area contributed by atoms with Crippen LogP contribution in [-0.2, 0) is 0 Å². The van der Waals surface area contributed by atoms with Crippen LogP contribution in [0, 0.1) is 3.57 Å². The van der Waals surface area contributed by atoms with Crippen LogP contribution in [0.4, 0.5) is 0 Å². The summed E-state index contributed by atoms with van der Waals surface area (Å²) in [4.78, 5) is 13.7. The number of hydrogen-bond acceptors (Lipinski definition) is 3. The van der Waals surface area contributed by atoms with Gasteiger partial charge in [0.2, 0.25) is 0 Å². The van der Waals surface area contributed by atoms with Gasteiger partial charge in [0.1, 0.15) is 5.75 Å². The average Bonchev–Trinajstić information content (AvgIpc) is 2.68. The lowest BCUT2D eigenvalue weighted by Crippen LogP contribution is -2.31. The fourth-order valence-electron chi connectivity index (χ4n) is 1.80. The van der Waals surface area contributed by atoms with Gasteiger partial charge in [-0.05, 0) is 47.2 Å². The molecule has 16 heavy (non-hydrogen) atoms. The van der Waals surface area contributed by atoms with Gasteiger partial charge in [0.25, 0.3) is 5.91 Å². The highest BCUT2D eigenvalue weighted by Gasteiger charge is 2.24. The third kappa shape index (κ3) is 2.30. The lowest BCUT2D eigenvalue weighted by atomic mass is 10.2. The molecule has 0 unspecified atom stereocenters. The van der Waals surface area contributed by atoms with Crippen molar-refractivity contribution >= 4 is 28.5 Å². The van der Waals surface area contributed by atoms with Crippen molar-refractivity contribution < 1.29 is 9.90 Å². The summed E-state index contributed by atoms with van der Waals surface area (Å²) in [5.41, 5.74) is 6.27. The third-order valence-corrected chi connectivity index (χ3v) is 3.62. The molecule has 1 aliphatic rings. The molecular formula is C11H13IN2O2. The van der Waals surface area contributed by atoms with Gasteiger partial charge in [-0.3, -0.25) is 4.79 Å². The van der Waals surface area contributed by atoms with Crippen LogP contribution in [0.1, 0.15) is 16.8 Å². The number of nitrogens with two attached hydrogens (primary N) is 1. The maximum Gasteiger partial charge on any atom is 0.254 e. The minimum atomic E-state index is -0.0559. The van der Waals surface area contributed by atoms with Crippen molar-refractivity contribution in [1.29, 1.82) is 0 Å². The first-order valence-electron chi connectivity index (χ1n) is 5.11. The molecule has 5 heteroatoms. The topological polar surface area (TPSA) is 66.6 Å². The van der Waals surface area contributed by atoms with Crippen LogP contribution < -0.4 is 5.73 Å². The Balaban J connectivity index is 2.18. The number of rotatable bonds is 1. The van der Waals surface area contributed by atoms with Crippen LogP contribution in [0.25, 0.3) is 0 Å². The first kappa shape index (κ1) is 11.7. The van der Waals surface area contributed by atoms with Crippen LogP contribution in [0.5, 0.6) is 5.75 Å². The van der Waals surface area contributed by atoms with Crippen molar-refractivity contribution in [3.8, 4) is 5.75 Å². The van der Waals surface area contributed by atoms with E-state index in [0.717, 1.165) is 9.99 Å². The number of amides is 1. The van der Waals surface area contributed by atoms with E-state index in [0.29, 0.717) is 18.7 Å². The number of carbonyl (C=O) groups excluding carboxylic acids is 1. The second-order valence-electron chi connectivity index (χ2n) is 3.97. The van der Waals surface area contributed by atoms with E-state index < -0.39 is 0 Å². The first-order chi connectivity index (χ1) is 7.58. The number of likely N-dealkylation sites (tertiary alicyclic amines) is 1. The van der Waals surface area contributed by atoms with Crippen molar-refractivity contribution in [3.05, 3.63) is 27.3 Å². The number of aromatic hydroxyl groups is 1. The second-order valence-corrected chi connectivity index (χ2v) is 5.13. The van der Waals surface area contributed by atoms with Gasteiger partial charge in [0.05, 0.1) is 3.57 Å². The molecule has 1 saturated heterocycles. The highest BCUT2D eigenvalue weighted by molar-refractivity contribution is 14.1. The summed E-state index contributed by atoms with van der Waals surface area (Å²) in [5, 5.41) is 9.54. The molecule has 0 saturated carbocycles. The molecule has 0 aromatic heterocycles. The standard InChI is InChI=1S/C11H13IN2O2/c12-9-2-1-7(5-10(9)15)11(16)14-4-3-8(13)6-14/h1-2,5,8,15H,3-4,6,13H2/t8-/m0/s1. The van der Waals surface area contributed by atoms with Gasteiger partial charge in [-0.15, -0.1) is 0 Å². The van der Waals surface area contributed by atoms with Crippen molar-refractivity contribution in [2.24, 2.45) is 5.73 Å². The third-order valence-electron chi connectivity index (χ3n) is 2.71. The molecule has 0 bridgehead atoms. The molecule has 1 amide bonds. The van der Waals surface area contributed by atoms with E-state index in [-0.39, 0.29) is 17.7 Å². The Hall–Kier alpha value is -0.820. The Bertz CT molecular complexity index is 422. The summed E-state index contributed by atoms with van der Waals surface area (Å²) in [7, 11) is 0. The zero-order chi connectivity index (χ0) is 11.7. The van der Waals surface area contributed by atoms with Crippen molar-refractivity contribution in [2.75, 3.05) is 13.1 Å². The molecule has 4 nitrogen and oxygen atoms in total. The normalized spacial score (nSPS) is 20.1. The number of carbonyl (C=O) groups is 1. The fraction of sp³-hybridized carbons (Fsp3) is 0.364. The van der Waals surface area contributed by atoms with E-state index in [1.807, 2.05) is 22.6 Å². The van der Waals surface area contributed by atoms with Crippen molar-refractivity contribution in [2.45, 2.75) is 12.5 Å². The predicted octanol–water partition coefficient (Wildman–Crippen LogP) is 1.17. The number of halogens is 1. The molecule has 1 atom stereocenters. The maximum atomic E-state index is 12.0. The first-order valence-corrected chi connectivity index (χ1v) is 6.19. The molecule has 1 heterocycles. The van der Waals surface area contributed by atoms with E-state index in [4.69, 9.17) is 5.73 Å². The highest BCUT2D eigenvalue weighted by atomic mass is 127. The van der Waals surface area contributed by atoms with Crippen LogP contribution >= 0.6 is 22.6 Å². The molecule has 0 radical (unpaired) electrons. The minimum Gasteiger partial charge on any atom is -0.507 e. The predicted molar refractivity (Wildman–Crippen MR) is 69.3 cm³/mol. The van der Waals surface area contributed by atoms with Crippen LogP contribution in [0.15, 0.2) is 18.2 Å². The van der Waals surface area contributed by atoms with E-state index in [9.17, 15) is 9.90 Å². The van der Waals surface area contributed by atoms with E-state index >= 15 is 0 Å². The molecule has 86 valence electrons. The van der Waals surface area contributed by atoms with Gasteiger partial charge in [0, 0.05) is 24.7 Å². The highest BCUT2D eigenvalue weighted by Crippen LogP contribution is 2.22. The van der Waals surface area contributed by atoms with Crippen molar-refractivity contribution in [1.82, 2.24) is 4.90 Å². The number of phenolic OH excluding ortho intramolecular Hbond substituents is 1. The largest absolute Gasteiger partial charge is 0.507 e. The lowest BCUT2D eigenvalue weighted by Gasteiger charge is -2.15. The Morgan fingerprint density at radius 2 is 2.31 bits per heavy atom. The summed E-state index contributed by atoms with van der Waals surface area (Å²) in [6.07, 6.45) is 0.849. The summed E-state index contributed by atoms with van der Waals surface area (Å²) in [5.74, 6) is 0.0922. The molecule has 0 aliphatic carbocycles. The monoisotopic (exact) mass is 332 g/mol. The smallest absolute Gasteiger partial charge is 0.254 e. The van der Waals surface area contributed by atoms with Crippen LogP contribution in [0.2, 0.25) is 0 Å². The number of phenols is 1. The van der Waals surface area contributed by atoms with Gasteiger partial charge in [-0.2, -0.15) is 0 Å². The van der Waals surface area contributed by atoms with E-state index in [2.05, 4.69) is 0 Å². The zero-order valence-corrected chi connectivity index (χ0v) is 10.8. The Labute approximate surface area is 108 Å². The second kappa shape index (κ2) is 4.58. The molecule has 2 rings (SSSR count). The van der Waals surface area contributed by atoms with Gasteiger partial charge >= 0.3 is 0 Å². The molecule has 1 aliphatic heterocycles. The van der Waals surface area contributed by atoms with Crippen LogP contribution in [-0.4, -0.2) is 35.0 Å². The van der Waals surface area contributed by atoms with E-state index in [1.165, 1.54) is 6.07 Å². The van der Waals surface area contributed by atoms with Gasteiger partial charge in [0.15, 0.2) is 0 Å². The minimum absolute atomic E-state index is 0.0559. The summed E-state index contributed by atoms with van der Waals surface area (Å²) >= 11 is 2.02. The number of benzene rings is 1. The van der Waals surface area contributed by atoms with Gasteiger partial charge < -0.3 is 15.7 Å².